The summed E-state index contributed by atoms with van der Waals surface area (Å²) in [5.74, 6) is 0.641. The Labute approximate surface area is 124 Å². The number of Topliss-reactive ketones (excluding diaryl/α,β-unsaturated/α-hetero) is 1. The van der Waals surface area contributed by atoms with Gasteiger partial charge in [-0.25, -0.2) is 0 Å². The van der Waals surface area contributed by atoms with Crippen molar-refractivity contribution in [3.63, 3.8) is 0 Å². The second-order valence-corrected chi connectivity index (χ2v) is 6.93. The minimum absolute atomic E-state index is 0.253. The smallest absolute Gasteiger partial charge is 0.146 e. The number of carbonyl (C=O) groups excluding carboxylic acids is 1. The van der Waals surface area contributed by atoms with Crippen LogP contribution in [0.15, 0.2) is 59.5 Å². The molecule has 0 bridgehead atoms. The van der Waals surface area contributed by atoms with Crippen LogP contribution in [-0.2, 0) is 4.79 Å². The highest BCUT2D eigenvalue weighted by atomic mass is 32.2. The molecule has 1 aliphatic rings. The van der Waals surface area contributed by atoms with E-state index in [2.05, 4.69) is 43.3 Å². The van der Waals surface area contributed by atoms with Crippen LogP contribution in [-0.4, -0.2) is 10.5 Å². The predicted molar refractivity (Wildman–Crippen MR) is 84.2 cm³/mol. The second kappa shape index (κ2) is 5.10. The highest BCUT2D eigenvalue weighted by Gasteiger charge is 2.59. The lowest BCUT2D eigenvalue weighted by atomic mass is 10.1. The molecular weight excluding hydrogens is 264 g/mol. The summed E-state index contributed by atoms with van der Waals surface area (Å²) in [7, 11) is 0. The highest BCUT2D eigenvalue weighted by molar-refractivity contribution is 8.01. The molecule has 2 aromatic rings. The molecule has 1 saturated carbocycles. The molecule has 0 amide bonds. The molecule has 0 spiro atoms. The fourth-order valence-electron chi connectivity index (χ4n) is 2.70. The van der Waals surface area contributed by atoms with Crippen molar-refractivity contribution in [1.82, 2.24) is 0 Å². The Balaban J connectivity index is 1.85. The van der Waals surface area contributed by atoms with Crippen LogP contribution in [0, 0.1) is 6.92 Å². The molecule has 2 unspecified atom stereocenters. The number of hydrogen-bond donors (Lipinski definition) is 0. The zero-order valence-corrected chi connectivity index (χ0v) is 12.6. The maximum absolute atomic E-state index is 12.2. The molecule has 1 fully saturated rings. The van der Waals surface area contributed by atoms with Crippen LogP contribution >= 0.6 is 11.8 Å². The van der Waals surface area contributed by atoms with Gasteiger partial charge in [-0.2, -0.15) is 0 Å². The van der Waals surface area contributed by atoms with E-state index in [1.165, 1.54) is 16.0 Å². The van der Waals surface area contributed by atoms with Crippen molar-refractivity contribution < 1.29 is 4.79 Å². The first-order valence-electron chi connectivity index (χ1n) is 6.93. The molecule has 0 N–H and O–H groups in total. The van der Waals surface area contributed by atoms with Gasteiger partial charge in [-0.15, -0.1) is 11.8 Å². The molecule has 20 heavy (non-hydrogen) atoms. The van der Waals surface area contributed by atoms with E-state index in [0.29, 0.717) is 5.92 Å². The Morgan fingerprint density at radius 1 is 1.10 bits per heavy atom. The average molecular weight is 282 g/mol. The lowest BCUT2D eigenvalue weighted by Crippen LogP contribution is -2.17. The zero-order chi connectivity index (χ0) is 14.2. The highest BCUT2D eigenvalue weighted by Crippen LogP contribution is 2.62. The van der Waals surface area contributed by atoms with Crippen LogP contribution in [0.5, 0.6) is 0 Å². The summed E-state index contributed by atoms with van der Waals surface area (Å²) in [5, 5.41) is 0. The lowest BCUT2D eigenvalue weighted by Gasteiger charge is -2.14. The van der Waals surface area contributed by atoms with E-state index in [0.717, 1.165) is 6.42 Å². The average Bonchev–Trinajstić information content (AvgIpc) is 3.16. The predicted octanol–water partition coefficient (Wildman–Crippen LogP) is 4.60. The van der Waals surface area contributed by atoms with Gasteiger partial charge in [0, 0.05) is 10.8 Å². The molecule has 102 valence electrons. The lowest BCUT2D eigenvalue weighted by molar-refractivity contribution is -0.117. The third-order valence-corrected chi connectivity index (χ3v) is 5.64. The fraction of sp³-hybridized carbons (Fsp3) is 0.278. The van der Waals surface area contributed by atoms with Crippen LogP contribution in [0.4, 0.5) is 0 Å². The fourth-order valence-corrected chi connectivity index (χ4v) is 4.09. The van der Waals surface area contributed by atoms with Gasteiger partial charge in [-0.1, -0.05) is 48.0 Å². The quantitative estimate of drug-likeness (QED) is 0.815. The van der Waals surface area contributed by atoms with Crippen LogP contribution in [0.1, 0.15) is 30.4 Å². The van der Waals surface area contributed by atoms with Gasteiger partial charge in [0.2, 0.25) is 0 Å². The molecule has 0 radical (unpaired) electrons. The Morgan fingerprint density at radius 2 is 1.75 bits per heavy atom. The number of ketones is 1. The molecule has 0 saturated heterocycles. The van der Waals surface area contributed by atoms with Crippen LogP contribution in [0.3, 0.4) is 0 Å². The van der Waals surface area contributed by atoms with Crippen molar-refractivity contribution in [3.8, 4) is 0 Å². The molecule has 1 nitrogen and oxygen atoms in total. The molecular formula is C18H18OS. The minimum atomic E-state index is -0.253. The number of thioether (sulfide) groups is 1. The topological polar surface area (TPSA) is 17.1 Å². The third kappa shape index (κ3) is 2.40. The first-order valence-corrected chi connectivity index (χ1v) is 7.75. The van der Waals surface area contributed by atoms with Crippen LogP contribution in [0.25, 0.3) is 0 Å². The minimum Gasteiger partial charge on any atom is -0.298 e. The molecule has 0 aliphatic heterocycles. The van der Waals surface area contributed by atoms with Crippen LogP contribution < -0.4 is 0 Å². The molecule has 1 aliphatic carbocycles. The maximum atomic E-state index is 12.2. The Kier molecular flexibility index (Phi) is 3.43. The summed E-state index contributed by atoms with van der Waals surface area (Å²) in [6.07, 6.45) is 0.949. The molecule has 2 heteroatoms. The number of carbonyl (C=O) groups is 1. The van der Waals surface area contributed by atoms with E-state index in [1.807, 2.05) is 18.2 Å². The van der Waals surface area contributed by atoms with Gasteiger partial charge >= 0.3 is 0 Å². The van der Waals surface area contributed by atoms with Crippen molar-refractivity contribution in [3.05, 3.63) is 65.7 Å². The standard InChI is InChI=1S/C18H18OS/c1-13-8-10-15(11-9-13)17-12-18(17,14(2)19)20-16-6-4-3-5-7-16/h3-11,17H,12H2,1-2H3. The van der Waals surface area contributed by atoms with Crippen molar-refractivity contribution in [2.75, 3.05) is 0 Å². The van der Waals surface area contributed by atoms with Gasteiger partial charge in [-0.3, -0.25) is 4.79 Å². The van der Waals surface area contributed by atoms with Gasteiger partial charge in [0.1, 0.15) is 5.78 Å². The van der Waals surface area contributed by atoms with Crippen LogP contribution in [0.2, 0.25) is 0 Å². The Morgan fingerprint density at radius 3 is 2.35 bits per heavy atom. The number of aryl methyl sites for hydroxylation is 1. The molecule has 3 rings (SSSR count). The van der Waals surface area contributed by atoms with E-state index in [9.17, 15) is 4.79 Å². The van der Waals surface area contributed by atoms with E-state index < -0.39 is 0 Å². The first-order chi connectivity index (χ1) is 9.62. The van der Waals surface area contributed by atoms with Crippen molar-refractivity contribution in [1.29, 1.82) is 0 Å². The summed E-state index contributed by atoms with van der Waals surface area (Å²) >= 11 is 1.72. The van der Waals surface area contributed by atoms with Crippen molar-refractivity contribution in [2.24, 2.45) is 0 Å². The van der Waals surface area contributed by atoms with E-state index in [4.69, 9.17) is 0 Å². The van der Waals surface area contributed by atoms with Gasteiger partial charge in [0.15, 0.2) is 0 Å². The summed E-state index contributed by atoms with van der Waals surface area (Å²) in [4.78, 5) is 13.3. The molecule has 2 atom stereocenters. The van der Waals surface area contributed by atoms with E-state index >= 15 is 0 Å². The summed E-state index contributed by atoms with van der Waals surface area (Å²) < 4.78 is -0.253. The third-order valence-electron chi connectivity index (χ3n) is 4.03. The van der Waals surface area contributed by atoms with Crippen molar-refractivity contribution in [2.45, 2.75) is 35.8 Å². The van der Waals surface area contributed by atoms with Gasteiger partial charge < -0.3 is 0 Å². The number of rotatable bonds is 4. The van der Waals surface area contributed by atoms with Crippen molar-refractivity contribution >= 4 is 17.5 Å². The Hall–Kier alpha value is -1.54. The normalized spacial score (nSPS) is 24.4. The zero-order valence-electron chi connectivity index (χ0n) is 11.8. The van der Waals surface area contributed by atoms with E-state index in [1.54, 1.807) is 18.7 Å². The monoisotopic (exact) mass is 282 g/mol. The Bertz CT molecular complexity index is 618. The molecule has 0 heterocycles. The SMILES string of the molecule is CC(=O)C1(Sc2ccccc2)CC1c1ccc(C)cc1. The first kappa shape index (κ1) is 13.4. The van der Waals surface area contributed by atoms with Gasteiger partial charge in [0.05, 0.1) is 4.75 Å². The summed E-state index contributed by atoms with van der Waals surface area (Å²) in [5.41, 5.74) is 2.55. The van der Waals surface area contributed by atoms with Gasteiger partial charge in [0.25, 0.3) is 0 Å². The number of hydrogen-bond acceptors (Lipinski definition) is 2. The largest absolute Gasteiger partial charge is 0.298 e. The number of benzene rings is 2. The molecule has 0 aromatic heterocycles. The summed E-state index contributed by atoms with van der Waals surface area (Å²) in [6.45, 7) is 3.82. The molecule has 2 aromatic carbocycles. The summed E-state index contributed by atoms with van der Waals surface area (Å²) in [6, 6.07) is 18.8. The van der Waals surface area contributed by atoms with E-state index in [-0.39, 0.29) is 10.5 Å². The second-order valence-electron chi connectivity index (χ2n) is 5.53. The maximum Gasteiger partial charge on any atom is 0.146 e. The van der Waals surface area contributed by atoms with Gasteiger partial charge in [-0.05, 0) is 38.0 Å².